The van der Waals surface area contributed by atoms with Gasteiger partial charge in [0.25, 0.3) is 0 Å². The Kier molecular flexibility index (Phi) is 7.77. The zero-order chi connectivity index (χ0) is 22.0. The first kappa shape index (κ1) is 24.5. The zero-order valence-electron chi connectivity index (χ0n) is 17.3. The van der Waals surface area contributed by atoms with Gasteiger partial charge in [-0.15, -0.1) is 41.3 Å². The normalized spacial score (nSPS) is 20.4. The van der Waals surface area contributed by atoms with Crippen molar-refractivity contribution in [3.63, 3.8) is 0 Å². The van der Waals surface area contributed by atoms with E-state index < -0.39 is 11.9 Å². The Balaban J connectivity index is 0.000000184. The van der Waals surface area contributed by atoms with Gasteiger partial charge >= 0.3 is 23.2 Å². The molecule has 0 spiro atoms. The van der Waals surface area contributed by atoms with Crippen molar-refractivity contribution in [3.8, 4) is 5.75 Å². The number of aromatic amines is 1. The monoisotopic (exact) mass is 489 g/mol. The molecule has 3 aromatic rings. The Labute approximate surface area is 194 Å². The number of nitrogens with one attached hydrogen (secondary N) is 1. The SMILES string of the molecule is CO[C@@H]1CCN([C@@H]2[CH-]c3ccc(F)cc3OC2)C1.FC(F)(F)c1cc2[c-]cccc2[nH]1.[Mn+2]. The standard InChI is InChI=1S/C14H17FNO2.C9H5F3N.Mn/c1-17-13-4-5-16(8-13)12-6-10-2-3-11(15)7-14(10)18-9-12;10-9(11,12)8-5-6-3-1-2-4-7(6)13-8;/h2-3,6-7,12-13H,4-5,8-9H2,1H3;1-2,4-5,13H;/q2*-1;+2/t12-,13-;;/m1../s1. The van der Waals surface area contributed by atoms with Crippen LogP contribution in [0, 0.1) is 18.3 Å². The molecule has 2 aliphatic heterocycles. The average molecular weight is 489 g/mol. The summed E-state index contributed by atoms with van der Waals surface area (Å²) in [6.07, 6.45) is -0.756. The maximum Gasteiger partial charge on any atom is 2.00 e. The molecule has 1 aromatic heterocycles. The summed E-state index contributed by atoms with van der Waals surface area (Å²) in [5, 5.41) is 0.454. The molecule has 5 rings (SSSR count). The molecule has 0 bridgehead atoms. The summed E-state index contributed by atoms with van der Waals surface area (Å²) < 4.78 is 60.6. The van der Waals surface area contributed by atoms with Crippen LogP contribution in [-0.2, 0) is 28.0 Å². The van der Waals surface area contributed by atoms with Crippen LogP contribution in [0.15, 0.2) is 42.5 Å². The maximum atomic E-state index is 13.1. The molecule has 1 saturated heterocycles. The topological polar surface area (TPSA) is 37.5 Å². The number of benzene rings is 2. The largest absolute Gasteiger partial charge is 2.00 e. The number of ether oxygens (including phenoxy) is 2. The summed E-state index contributed by atoms with van der Waals surface area (Å²) in [6.45, 7) is 2.56. The predicted molar refractivity (Wildman–Crippen MR) is 108 cm³/mol. The van der Waals surface area contributed by atoms with Crippen molar-refractivity contribution in [2.75, 3.05) is 26.8 Å². The van der Waals surface area contributed by atoms with E-state index in [1.807, 2.05) is 0 Å². The van der Waals surface area contributed by atoms with E-state index in [1.54, 1.807) is 31.4 Å². The van der Waals surface area contributed by atoms with Crippen LogP contribution in [0.2, 0.25) is 0 Å². The van der Waals surface area contributed by atoms with Crippen LogP contribution in [0.3, 0.4) is 0 Å². The van der Waals surface area contributed by atoms with Crippen LogP contribution in [-0.4, -0.2) is 48.8 Å². The van der Waals surface area contributed by atoms with Gasteiger partial charge in [0.05, 0.1) is 18.4 Å². The van der Waals surface area contributed by atoms with Crippen molar-refractivity contribution in [2.24, 2.45) is 0 Å². The number of halogens is 4. The zero-order valence-corrected chi connectivity index (χ0v) is 18.4. The van der Waals surface area contributed by atoms with Gasteiger partial charge in [-0.3, -0.25) is 0 Å². The number of alkyl halides is 3. The van der Waals surface area contributed by atoms with Gasteiger partial charge in [0.2, 0.25) is 0 Å². The molecular weight excluding hydrogens is 467 g/mol. The molecular formula is C23H22F4MnN2O2. The number of nitrogens with zero attached hydrogens (tertiary/aromatic N) is 1. The molecule has 4 nitrogen and oxygen atoms in total. The second-order valence-electron chi connectivity index (χ2n) is 7.55. The van der Waals surface area contributed by atoms with Gasteiger partial charge in [-0.25, -0.2) is 4.39 Å². The van der Waals surface area contributed by atoms with Crippen molar-refractivity contribution in [1.29, 1.82) is 0 Å². The minimum atomic E-state index is -4.31. The third kappa shape index (κ3) is 5.59. The Morgan fingerprint density at radius 3 is 2.75 bits per heavy atom. The minimum absolute atomic E-state index is 0. The summed E-state index contributed by atoms with van der Waals surface area (Å²) in [7, 11) is 1.76. The smallest absolute Gasteiger partial charge is 0.549 e. The van der Waals surface area contributed by atoms with Crippen molar-refractivity contribution >= 4 is 10.9 Å². The summed E-state index contributed by atoms with van der Waals surface area (Å²) in [5.74, 6) is 0.398. The van der Waals surface area contributed by atoms with Gasteiger partial charge in [-0.2, -0.15) is 25.7 Å². The van der Waals surface area contributed by atoms with E-state index in [0.29, 0.717) is 29.4 Å². The van der Waals surface area contributed by atoms with Gasteiger partial charge < -0.3 is 19.4 Å². The number of aromatic nitrogens is 1. The molecule has 0 saturated carbocycles. The van der Waals surface area contributed by atoms with Crippen LogP contribution in [0.5, 0.6) is 5.75 Å². The van der Waals surface area contributed by atoms with Gasteiger partial charge in [0, 0.05) is 32.0 Å². The number of hydrogen-bond acceptors (Lipinski definition) is 3. The Hall–Kier alpha value is -2.19. The summed E-state index contributed by atoms with van der Waals surface area (Å²) in [4.78, 5) is 4.64. The summed E-state index contributed by atoms with van der Waals surface area (Å²) in [5.41, 5.74) is 0.702. The van der Waals surface area contributed by atoms with Crippen LogP contribution >= 0.6 is 0 Å². The van der Waals surface area contributed by atoms with Gasteiger partial charge in [-0.1, -0.05) is 6.07 Å². The number of H-pyrrole nitrogens is 1. The van der Waals surface area contributed by atoms with Crippen LogP contribution in [0.25, 0.3) is 10.9 Å². The number of hydrogen-bond donors (Lipinski definition) is 1. The Morgan fingerprint density at radius 2 is 2.06 bits per heavy atom. The number of methoxy groups -OCH3 is 1. The van der Waals surface area contributed by atoms with E-state index in [4.69, 9.17) is 9.47 Å². The van der Waals surface area contributed by atoms with Crippen molar-refractivity contribution in [3.05, 3.63) is 72.0 Å². The van der Waals surface area contributed by atoms with E-state index in [0.717, 1.165) is 31.1 Å². The molecule has 2 aliphatic rings. The molecule has 32 heavy (non-hydrogen) atoms. The van der Waals surface area contributed by atoms with Crippen molar-refractivity contribution in [2.45, 2.75) is 24.7 Å². The summed E-state index contributed by atoms with van der Waals surface area (Å²) >= 11 is 0. The molecule has 9 heteroatoms. The summed E-state index contributed by atoms with van der Waals surface area (Å²) in [6, 6.07) is 13.5. The van der Waals surface area contributed by atoms with Gasteiger partial charge in [0.15, 0.2) is 0 Å². The molecule has 1 N–H and O–H groups in total. The van der Waals surface area contributed by atoms with E-state index in [-0.39, 0.29) is 28.9 Å². The van der Waals surface area contributed by atoms with E-state index in [1.165, 1.54) is 12.1 Å². The van der Waals surface area contributed by atoms with Crippen LogP contribution in [0.1, 0.15) is 17.7 Å². The fourth-order valence-electron chi connectivity index (χ4n) is 3.82. The van der Waals surface area contributed by atoms with Crippen molar-refractivity contribution < 1.29 is 44.1 Å². The predicted octanol–water partition coefficient (Wildman–Crippen LogP) is 4.84. The molecule has 171 valence electrons. The first-order chi connectivity index (χ1) is 14.8. The number of likely N-dealkylation sites (tertiary alicyclic amines) is 1. The first-order valence-electron chi connectivity index (χ1n) is 9.94. The average Bonchev–Trinajstić information content (AvgIpc) is 3.41. The van der Waals surface area contributed by atoms with Gasteiger partial charge in [-0.05, 0) is 18.0 Å². The quantitative estimate of drug-likeness (QED) is 0.318. The molecule has 1 fully saturated rings. The Morgan fingerprint density at radius 1 is 1.25 bits per heavy atom. The fourth-order valence-corrected chi connectivity index (χ4v) is 3.82. The van der Waals surface area contributed by atoms with Crippen molar-refractivity contribution in [1.82, 2.24) is 9.88 Å². The maximum absolute atomic E-state index is 13.1. The van der Waals surface area contributed by atoms with Gasteiger partial charge in [0.1, 0.15) is 5.82 Å². The van der Waals surface area contributed by atoms with Crippen LogP contribution in [0.4, 0.5) is 17.6 Å². The molecule has 0 amide bonds. The van der Waals surface area contributed by atoms with E-state index in [9.17, 15) is 17.6 Å². The number of rotatable bonds is 2. The third-order valence-corrected chi connectivity index (χ3v) is 5.49. The van der Waals surface area contributed by atoms with Crippen LogP contribution < -0.4 is 4.74 Å². The molecule has 3 heterocycles. The fraction of sp³-hybridized carbons (Fsp3) is 0.348. The Bertz CT molecular complexity index is 1010. The van der Waals surface area contributed by atoms with E-state index >= 15 is 0 Å². The molecule has 0 unspecified atom stereocenters. The first-order valence-corrected chi connectivity index (χ1v) is 9.94. The van der Waals surface area contributed by atoms with E-state index in [2.05, 4.69) is 22.4 Å². The molecule has 0 aliphatic carbocycles. The number of fused-ring (bicyclic) bond motifs is 2. The molecule has 2 atom stereocenters. The second-order valence-corrected chi connectivity index (χ2v) is 7.55. The molecule has 2 aromatic carbocycles. The molecule has 1 radical (unpaired) electrons. The minimum Gasteiger partial charge on any atom is -0.549 e. The third-order valence-electron chi connectivity index (χ3n) is 5.49. The second kappa shape index (κ2) is 10.2.